The van der Waals surface area contributed by atoms with Crippen LogP contribution in [0.1, 0.15) is 122 Å². The Hall–Kier alpha value is -8.96. The molecule has 0 aliphatic rings. The molecule has 4 aromatic heterocycles. The van der Waals surface area contributed by atoms with Gasteiger partial charge in [-0.1, -0.05) is 53.0 Å². The van der Waals surface area contributed by atoms with Crippen molar-refractivity contribution in [3.8, 4) is 17.7 Å². The van der Waals surface area contributed by atoms with Crippen LogP contribution in [0, 0.1) is 49.5 Å². The van der Waals surface area contributed by atoms with Crippen LogP contribution in [0.4, 0.5) is 43.4 Å². The maximum atomic E-state index is 14.8. The standard InChI is InChI=1S/C24H25F6IN2O4S.C20H17ClN6O2.C19H17Cl2N5O2/c1-13-11-14(23(27,22(4,25)26)24(28,29)30)9-10-17(13)32-19(34)15-7-6-8-16(31)18(15)20(35)33-21(2,3)12-38(5,36)37;1-11-7-13(10-22)9-14(19(28)23-3)17(11)25-20(29)16-8-12(2)26-27(16)18-15(21)5-4-6-24-18;1-10-7-12(20)9-13(18(27)22-3)16(10)24-19(28)15-8-11(2)25-26(15)17-14(21)5-4-6-23-17/h6-11H,12H2,1-5H3,(H,32,34)(H,33,35);4-9H,1-3H3,(H,23,28)(H,25,29);4-9H,1-3H3,(H,22,27)(H,24,28). The fourth-order valence-corrected chi connectivity index (χ4v) is 12.3. The molecule has 4 aromatic carbocycles. The summed E-state index contributed by atoms with van der Waals surface area (Å²) < 4.78 is 109. The Morgan fingerprint density at radius 1 is 0.600 bits per heavy atom. The number of halogens is 10. The quantitative estimate of drug-likeness (QED) is 0.0388. The third kappa shape index (κ3) is 17.9. The average Bonchev–Trinajstić information content (AvgIpc) is 1.44. The summed E-state index contributed by atoms with van der Waals surface area (Å²) in [4.78, 5) is 85.1. The van der Waals surface area contributed by atoms with Crippen LogP contribution in [0.3, 0.4) is 0 Å². The largest absolute Gasteiger partial charge is 0.432 e. The molecule has 0 aliphatic heterocycles. The van der Waals surface area contributed by atoms with Crippen molar-refractivity contribution >= 4 is 120 Å². The number of pyridine rings is 2. The molecule has 4 heterocycles. The number of amides is 6. The summed E-state index contributed by atoms with van der Waals surface area (Å²) in [6, 6.07) is 24.3. The number of carbonyl (C=O) groups is 6. The molecular formula is C63H59Cl3F6IN13O8S. The van der Waals surface area contributed by atoms with Crippen LogP contribution in [-0.4, -0.2) is 117 Å². The molecule has 6 N–H and O–H groups in total. The van der Waals surface area contributed by atoms with E-state index < -0.39 is 68.2 Å². The number of nitriles is 1. The third-order valence-corrected chi connectivity index (χ3v) is 16.6. The van der Waals surface area contributed by atoms with Gasteiger partial charge in [-0.25, -0.2) is 40.9 Å². The lowest BCUT2D eigenvalue weighted by atomic mass is 9.88. The Labute approximate surface area is 569 Å². The maximum absolute atomic E-state index is 14.8. The van der Waals surface area contributed by atoms with Crippen molar-refractivity contribution in [1.82, 2.24) is 45.5 Å². The summed E-state index contributed by atoms with van der Waals surface area (Å²) in [6.45, 7) is 11.0. The zero-order valence-electron chi connectivity index (χ0n) is 52.2. The summed E-state index contributed by atoms with van der Waals surface area (Å²) in [5, 5.41) is 34.5. The summed E-state index contributed by atoms with van der Waals surface area (Å²) in [5.74, 6) is -7.88. The van der Waals surface area contributed by atoms with E-state index in [4.69, 9.17) is 34.8 Å². The second-order valence-corrected chi connectivity index (χ2v) is 26.5. The highest BCUT2D eigenvalue weighted by molar-refractivity contribution is 14.1. The maximum Gasteiger partial charge on any atom is 0.432 e. The number of carbonyl (C=O) groups excluding carboxylic acids is 6. The topological polar surface area (TPSA) is 294 Å². The molecule has 6 amide bonds. The second kappa shape index (κ2) is 30.2. The Balaban J connectivity index is 0.000000229. The van der Waals surface area contributed by atoms with E-state index in [0.29, 0.717) is 81.9 Å². The smallest absolute Gasteiger partial charge is 0.355 e. The van der Waals surface area contributed by atoms with Gasteiger partial charge in [0.05, 0.1) is 72.4 Å². The number of hydrogen-bond acceptors (Lipinski definition) is 13. The van der Waals surface area contributed by atoms with E-state index in [1.54, 1.807) is 111 Å². The molecule has 0 bridgehead atoms. The van der Waals surface area contributed by atoms with E-state index in [9.17, 15) is 68.8 Å². The molecule has 0 aliphatic carbocycles. The van der Waals surface area contributed by atoms with E-state index in [2.05, 4.69) is 52.1 Å². The molecule has 8 rings (SSSR count). The Morgan fingerprint density at radius 3 is 1.54 bits per heavy atom. The van der Waals surface area contributed by atoms with Crippen molar-refractivity contribution < 1.29 is 63.5 Å². The summed E-state index contributed by atoms with van der Waals surface area (Å²) in [7, 11) is -0.483. The number of sulfone groups is 1. The molecule has 0 saturated heterocycles. The molecule has 0 saturated carbocycles. The van der Waals surface area contributed by atoms with Crippen molar-refractivity contribution in [3.63, 3.8) is 0 Å². The number of anilines is 3. The predicted octanol–water partition coefficient (Wildman–Crippen LogP) is 12.6. The third-order valence-electron chi connectivity index (χ3n) is 13.6. The monoisotopic (exact) mass is 1500 g/mol. The van der Waals surface area contributed by atoms with Crippen LogP contribution in [0.5, 0.6) is 0 Å². The van der Waals surface area contributed by atoms with Crippen molar-refractivity contribution in [3.05, 3.63) is 201 Å². The molecule has 8 aromatic rings. The molecule has 0 spiro atoms. The highest BCUT2D eigenvalue weighted by Crippen LogP contribution is 2.53. The molecule has 0 radical (unpaired) electrons. The second-order valence-electron chi connectivity index (χ2n) is 21.9. The lowest BCUT2D eigenvalue weighted by Gasteiger charge is -2.33. The zero-order chi connectivity index (χ0) is 71.0. The van der Waals surface area contributed by atoms with Gasteiger partial charge in [0.15, 0.2) is 11.6 Å². The summed E-state index contributed by atoms with van der Waals surface area (Å²) in [5.41, 5.74) is -3.65. The van der Waals surface area contributed by atoms with Gasteiger partial charge < -0.3 is 31.9 Å². The van der Waals surface area contributed by atoms with Gasteiger partial charge in [0.2, 0.25) is 0 Å². The van der Waals surface area contributed by atoms with Crippen molar-refractivity contribution in [2.45, 2.75) is 78.7 Å². The first kappa shape index (κ1) is 75.1. The molecule has 32 heteroatoms. The van der Waals surface area contributed by atoms with Gasteiger partial charge in [0.25, 0.3) is 47.0 Å². The van der Waals surface area contributed by atoms with Gasteiger partial charge in [-0.15, -0.1) is 0 Å². The van der Waals surface area contributed by atoms with E-state index in [0.717, 1.165) is 12.3 Å². The van der Waals surface area contributed by atoms with Gasteiger partial charge >= 0.3 is 6.18 Å². The van der Waals surface area contributed by atoms with Crippen LogP contribution in [0.15, 0.2) is 109 Å². The Bertz CT molecular complexity index is 4480. The minimum Gasteiger partial charge on any atom is -0.355 e. The highest BCUT2D eigenvalue weighted by Gasteiger charge is 2.70. The van der Waals surface area contributed by atoms with E-state index in [1.807, 2.05) is 6.07 Å². The number of alkyl halides is 6. The number of aryl methyl sites for hydroxylation is 5. The van der Waals surface area contributed by atoms with Crippen LogP contribution in [-0.2, 0) is 15.5 Å². The number of hydrogen-bond donors (Lipinski definition) is 6. The van der Waals surface area contributed by atoms with Crippen molar-refractivity contribution in [2.24, 2.45) is 0 Å². The van der Waals surface area contributed by atoms with Crippen molar-refractivity contribution in [2.75, 3.05) is 42.1 Å². The lowest BCUT2D eigenvalue weighted by Crippen LogP contribution is -2.51. The first-order valence-electron chi connectivity index (χ1n) is 27.8. The normalized spacial score (nSPS) is 12.1. The molecular weight excluding hydrogens is 1450 g/mol. The zero-order valence-corrected chi connectivity index (χ0v) is 57.4. The van der Waals surface area contributed by atoms with Gasteiger partial charge in [-0.2, -0.15) is 28.6 Å². The molecule has 0 fully saturated rings. The van der Waals surface area contributed by atoms with Crippen LogP contribution in [0.25, 0.3) is 11.6 Å². The molecule has 21 nitrogen and oxygen atoms in total. The van der Waals surface area contributed by atoms with Gasteiger partial charge in [-0.3, -0.25) is 28.8 Å². The van der Waals surface area contributed by atoms with Crippen LogP contribution >= 0.6 is 57.4 Å². The van der Waals surface area contributed by atoms with E-state index >= 15 is 0 Å². The lowest BCUT2D eigenvalue weighted by molar-refractivity contribution is -0.304. The van der Waals surface area contributed by atoms with Crippen LogP contribution in [0.2, 0.25) is 15.1 Å². The van der Waals surface area contributed by atoms with Gasteiger partial charge in [-0.05, 0) is 167 Å². The van der Waals surface area contributed by atoms with Crippen molar-refractivity contribution in [1.29, 1.82) is 5.26 Å². The number of aromatic nitrogens is 6. The first-order chi connectivity index (χ1) is 44.2. The fraction of sp³-hybridized carbons (Fsp3) is 0.254. The minimum atomic E-state index is -5.92. The van der Waals surface area contributed by atoms with Crippen LogP contribution < -0.4 is 31.9 Å². The molecule has 500 valence electrons. The highest BCUT2D eigenvalue weighted by atomic mass is 127. The fourth-order valence-electron chi connectivity index (χ4n) is 9.50. The number of nitrogens with one attached hydrogen (secondary N) is 6. The SMILES string of the molecule is CNC(=O)c1cc(C#N)cc(C)c1NC(=O)c1cc(C)nn1-c1ncccc1Cl.CNC(=O)c1cc(Cl)cc(C)c1NC(=O)c1cc(C)nn1-c1ncccc1Cl.Cc1cc(C(F)(C(C)(F)F)C(F)(F)F)ccc1NC(=O)c1cccc(I)c1C(=O)NC(C)(C)CS(C)(=O)=O. The summed E-state index contributed by atoms with van der Waals surface area (Å²) >= 11 is 20.3. The molecule has 95 heavy (non-hydrogen) atoms. The van der Waals surface area contributed by atoms with E-state index in [-0.39, 0.29) is 63.5 Å². The number of rotatable bonds is 16. The molecule has 1 atom stereocenters. The Morgan fingerprint density at radius 2 is 1.09 bits per heavy atom. The average molecular weight is 1510 g/mol. The first-order valence-corrected chi connectivity index (χ1v) is 32.1. The Kier molecular flexibility index (Phi) is 23.9. The number of nitrogens with zero attached hydrogens (tertiary/aromatic N) is 7. The van der Waals surface area contributed by atoms with Gasteiger partial charge in [0.1, 0.15) is 21.2 Å². The minimum absolute atomic E-state index is 0.0908. The van der Waals surface area contributed by atoms with Gasteiger partial charge in [0, 0.05) is 65.1 Å². The predicted molar refractivity (Wildman–Crippen MR) is 356 cm³/mol. The molecule has 1 unspecified atom stereocenters. The summed E-state index contributed by atoms with van der Waals surface area (Å²) in [6.07, 6.45) is -1.80. The number of benzene rings is 4. The van der Waals surface area contributed by atoms with E-state index in [1.165, 1.54) is 74.6 Å².